The second kappa shape index (κ2) is 11.3. The number of unbranched alkanes of at least 4 members (excludes halogenated alkanes) is 2. The van der Waals surface area contributed by atoms with Crippen molar-refractivity contribution in [3.8, 4) is 0 Å². The van der Waals surface area contributed by atoms with Gasteiger partial charge in [-0.3, -0.25) is 4.79 Å². The maximum absolute atomic E-state index is 12.9. The lowest BCUT2D eigenvalue weighted by atomic mass is 10.1. The van der Waals surface area contributed by atoms with E-state index in [1.165, 1.54) is 12.1 Å². The number of amides is 1. The molecule has 4 aromatic rings. The molecule has 37 heavy (non-hydrogen) atoms. The molecule has 0 aliphatic heterocycles. The third-order valence-electron chi connectivity index (χ3n) is 6.20. The predicted octanol–water partition coefficient (Wildman–Crippen LogP) is 6.68. The molecular weight excluding hydrogens is 506 g/mol. The molecule has 3 aromatic carbocycles. The smallest absolute Gasteiger partial charge is 0.265 e. The fourth-order valence-corrected chi connectivity index (χ4v) is 5.27. The monoisotopic (exact) mass is 535 g/mol. The van der Waals surface area contributed by atoms with E-state index < -0.39 is 15.9 Å². The maximum Gasteiger partial charge on any atom is 0.265 e. The summed E-state index contributed by atoms with van der Waals surface area (Å²) in [5.74, 6) is 0.0598. The van der Waals surface area contributed by atoms with Gasteiger partial charge < -0.3 is 4.57 Å². The van der Waals surface area contributed by atoms with Crippen molar-refractivity contribution in [3.05, 3.63) is 99.8 Å². The van der Waals surface area contributed by atoms with Crippen LogP contribution in [0.4, 0.5) is 0 Å². The van der Waals surface area contributed by atoms with Crippen molar-refractivity contribution in [1.82, 2.24) is 14.3 Å². The third kappa shape index (κ3) is 6.29. The number of benzene rings is 3. The van der Waals surface area contributed by atoms with E-state index in [0.717, 1.165) is 47.3 Å². The van der Waals surface area contributed by atoms with Crippen molar-refractivity contribution in [2.24, 2.45) is 0 Å². The van der Waals surface area contributed by atoms with Crippen LogP contribution in [0.2, 0.25) is 5.02 Å². The number of aromatic nitrogens is 2. The summed E-state index contributed by atoms with van der Waals surface area (Å²) >= 11 is 6.61. The van der Waals surface area contributed by atoms with Gasteiger partial charge in [0.1, 0.15) is 5.82 Å². The molecule has 8 heteroatoms. The van der Waals surface area contributed by atoms with E-state index in [0.29, 0.717) is 17.1 Å². The third-order valence-corrected chi connectivity index (χ3v) is 7.90. The Hall–Kier alpha value is -3.42. The highest BCUT2D eigenvalue weighted by Gasteiger charge is 2.20. The van der Waals surface area contributed by atoms with E-state index in [-0.39, 0.29) is 10.5 Å². The van der Waals surface area contributed by atoms with Gasteiger partial charge in [-0.05, 0) is 67.8 Å². The first-order valence-corrected chi connectivity index (χ1v) is 14.1. The molecule has 0 saturated carbocycles. The number of halogens is 1. The van der Waals surface area contributed by atoms with Crippen molar-refractivity contribution in [1.29, 1.82) is 0 Å². The van der Waals surface area contributed by atoms with E-state index in [1.807, 2.05) is 36.6 Å². The van der Waals surface area contributed by atoms with Crippen LogP contribution in [0.25, 0.3) is 17.1 Å². The maximum atomic E-state index is 12.9. The van der Waals surface area contributed by atoms with E-state index >= 15 is 0 Å². The molecule has 0 atom stereocenters. The normalized spacial score (nSPS) is 11.9. The van der Waals surface area contributed by atoms with E-state index in [9.17, 15) is 13.2 Å². The summed E-state index contributed by atoms with van der Waals surface area (Å²) in [6, 6.07) is 17.3. The number of carbonyl (C=O) groups excluding carboxylic acids is 1. The molecule has 0 radical (unpaired) electrons. The van der Waals surface area contributed by atoms with Crippen LogP contribution in [0.15, 0.2) is 71.6 Å². The topological polar surface area (TPSA) is 81.1 Å². The summed E-state index contributed by atoms with van der Waals surface area (Å²) in [5.41, 5.74) is 4.55. The molecule has 0 saturated heterocycles. The number of hydrogen-bond donors (Lipinski definition) is 1. The van der Waals surface area contributed by atoms with Gasteiger partial charge in [0, 0.05) is 10.6 Å². The molecule has 1 aromatic heterocycles. The highest BCUT2D eigenvalue weighted by atomic mass is 35.5. The standard InChI is InChI=1S/C29H30ClN3O3S/c1-4-5-6-7-8-22-11-12-24(26(30)17-22)19-33-21(3)31-27-16-13-23(18-28(27)33)29(34)32-37(35,36)25-14-9-20(2)10-15-25/h7-18H,4-6,19H2,1-3H3,(H,32,34). The zero-order chi connectivity index (χ0) is 26.6. The SMILES string of the molecule is CCCCC=Cc1ccc(Cn2c(C)nc3ccc(C(=O)NS(=O)(=O)c4ccc(C)cc4)cc32)c(Cl)c1. The average Bonchev–Trinajstić information content (AvgIpc) is 3.17. The summed E-state index contributed by atoms with van der Waals surface area (Å²) in [5, 5.41) is 0.650. The highest BCUT2D eigenvalue weighted by molar-refractivity contribution is 7.90. The molecule has 0 aliphatic carbocycles. The number of fused-ring (bicyclic) bond motifs is 1. The molecule has 1 N–H and O–H groups in total. The number of hydrogen-bond acceptors (Lipinski definition) is 4. The summed E-state index contributed by atoms with van der Waals surface area (Å²) in [6.45, 7) is 6.39. The molecule has 0 unspecified atom stereocenters. The molecule has 1 amide bonds. The lowest BCUT2D eigenvalue weighted by Crippen LogP contribution is -2.30. The number of rotatable bonds is 9. The molecule has 4 rings (SSSR count). The Bertz CT molecular complexity index is 1570. The van der Waals surface area contributed by atoms with Gasteiger partial charge >= 0.3 is 0 Å². The minimum atomic E-state index is -4.00. The molecule has 192 valence electrons. The lowest BCUT2D eigenvalue weighted by Gasteiger charge is -2.11. The van der Waals surface area contributed by atoms with Gasteiger partial charge in [-0.15, -0.1) is 0 Å². The fraction of sp³-hybridized carbons (Fsp3) is 0.241. The quantitative estimate of drug-likeness (QED) is 0.242. The molecule has 0 spiro atoms. The number of nitrogens with zero attached hydrogens (tertiary/aromatic N) is 2. The number of imidazole rings is 1. The first-order chi connectivity index (χ1) is 17.7. The molecule has 6 nitrogen and oxygen atoms in total. The van der Waals surface area contributed by atoms with Crippen LogP contribution in [0, 0.1) is 13.8 Å². The van der Waals surface area contributed by atoms with E-state index in [1.54, 1.807) is 30.3 Å². The first-order valence-electron chi connectivity index (χ1n) is 12.2. The highest BCUT2D eigenvalue weighted by Crippen LogP contribution is 2.24. The van der Waals surface area contributed by atoms with Crippen LogP contribution in [-0.2, 0) is 16.6 Å². The van der Waals surface area contributed by atoms with Gasteiger partial charge in [-0.2, -0.15) is 0 Å². The fourth-order valence-electron chi connectivity index (χ4n) is 4.05. The second-order valence-electron chi connectivity index (χ2n) is 9.09. The van der Waals surface area contributed by atoms with Gasteiger partial charge in [0.05, 0.1) is 22.5 Å². The van der Waals surface area contributed by atoms with Crippen molar-refractivity contribution >= 4 is 44.6 Å². The van der Waals surface area contributed by atoms with Crippen LogP contribution in [0.3, 0.4) is 0 Å². The Morgan fingerprint density at radius 2 is 1.81 bits per heavy atom. The van der Waals surface area contributed by atoms with Crippen LogP contribution in [0.1, 0.15) is 59.1 Å². The predicted molar refractivity (Wildman–Crippen MR) is 149 cm³/mol. The summed E-state index contributed by atoms with van der Waals surface area (Å²) in [7, 11) is -4.00. The molecule has 1 heterocycles. The zero-order valence-corrected chi connectivity index (χ0v) is 22.7. The Morgan fingerprint density at radius 1 is 1.05 bits per heavy atom. The zero-order valence-electron chi connectivity index (χ0n) is 21.2. The Kier molecular flexibility index (Phi) is 8.15. The van der Waals surface area contributed by atoms with Crippen LogP contribution in [-0.4, -0.2) is 23.9 Å². The van der Waals surface area contributed by atoms with Crippen molar-refractivity contribution in [3.63, 3.8) is 0 Å². The van der Waals surface area contributed by atoms with Gasteiger partial charge in [-0.25, -0.2) is 18.1 Å². The molecule has 0 fully saturated rings. The van der Waals surface area contributed by atoms with Crippen LogP contribution in [0.5, 0.6) is 0 Å². The lowest BCUT2D eigenvalue weighted by molar-refractivity contribution is 0.0981. The largest absolute Gasteiger partial charge is 0.324 e. The molecular formula is C29H30ClN3O3S. The number of allylic oxidation sites excluding steroid dienone is 1. The number of nitrogens with one attached hydrogen (secondary N) is 1. The first kappa shape index (κ1) is 26.6. The molecule has 0 aliphatic rings. The second-order valence-corrected chi connectivity index (χ2v) is 11.2. The van der Waals surface area contributed by atoms with Gasteiger partial charge in [-0.1, -0.05) is 73.3 Å². The van der Waals surface area contributed by atoms with Gasteiger partial charge in [0.15, 0.2) is 0 Å². The number of carbonyl (C=O) groups is 1. The summed E-state index contributed by atoms with van der Waals surface area (Å²) in [4.78, 5) is 17.5. The van der Waals surface area contributed by atoms with Crippen LogP contribution >= 0.6 is 11.6 Å². The van der Waals surface area contributed by atoms with Gasteiger partial charge in [0.2, 0.25) is 0 Å². The van der Waals surface area contributed by atoms with E-state index in [2.05, 4.69) is 28.8 Å². The number of aryl methyl sites for hydroxylation is 2. The van der Waals surface area contributed by atoms with Crippen LogP contribution < -0.4 is 4.72 Å². The van der Waals surface area contributed by atoms with Crippen molar-refractivity contribution < 1.29 is 13.2 Å². The Labute approximate surface area is 223 Å². The molecule has 0 bridgehead atoms. The Balaban J connectivity index is 1.58. The number of sulfonamides is 1. The van der Waals surface area contributed by atoms with Crippen molar-refractivity contribution in [2.45, 2.75) is 51.5 Å². The minimum absolute atomic E-state index is 0.0340. The Morgan fingerprint density at radius 3 is 2.51 bits per heavy atom. The van der Waals surface area contributed by atoms with Crippen molar-refractivity contribution in [2.75, 3.05) is 0 Å². The average molecular weight is 536 g/mol. The summed E-state index contributed by atoms with van der Waals surface area (Å²) in [6.07, 6.45) is 7.60. The van der Waals surface area contributed by atoms with Gasteiger partial charge in [0.25, 0.3) is 15.9 Å². The van der Waals surface area contributed by atoms with E-state index in [4.69, 9.17) is 11.6 Å². The minimum Gasteiger partial charge on any atom is -0.324 e. The summed E-state index contributed by atoms with van der Waals surface area (Å²) < 4.78 is 29.5.